The van der Waals surface area contributed by atoms with E-state index in [1.54, 1.807) is 14.2 Å². The Balaban J connectivity index is -0.000000107. The number of methoxy groups -OCH3 is 2. The molecule has 3 nitrogen and oxygen atoms in total. The van der Waals surface area contributed by atoms with Gasteiger partial charge >= 0.3 is 25.8 Å². The van der Waals surface area contributed by atoms with E-state index in [0.717, 1.165) is 13.1 Å². The van der Waals surface area contributed by atoms with E-state index in [2.05, 4.69) is 5.32 Å². The van der Waals surface area contributed by atoms with Gasteiger partial charge in [-0.25, -0.2) is 0 Å². The van der Waals surface area contributed by atoms with E-state index < -0.39 is 0 Å². The summed E-state index contributed by atoms with van der Waals surface area (Å²) >= 11 is 0. The largest absolute Gasteiger partial charge is 3.00 e. The maximum Gasteiger partial charge on any atom is 3.00 e. The Morgan fingerprint density at radius 1 is 0.917 bits per heavy atom. The van der Waals surface area contributed by atoms with E-state index in [1.807, 2.05) is 0 Å². The van der Waals surface area contributed by atoms with Crippen molar-refractivity contribution in [3.05, 3.63) is 20.2 Å². The molecule has 0 bridgehead atoms. The van der Waals surface area contributed by atoms with Gasteiger partial charge in [0.1, 0.15) is 0 Å². The van der Waals surface area contributed by atoms with Gasteiger partial charge in [-0.3, -0.25) is 0 Å². The van der Waals surface area contributed by atoms with Crippen LogP contribution in [0.5, 0.6) is 0 Å². The van der Waals surface area contributed by atoms with Gasteiger partial charge in [-0.2, -0.15) is 0 Å². The Morgan fingerprint density at radius 2 is 1.25 bits per heavy atom. The van der Waals surface area contributed by atoms with Crippen LogP contribution in [-0.4, -0.2) is 40.5 Å². The summed E-state index contributed by atoms with van der Waals surface area (Å²) in [6, 6.07) is 0. The zero-order valence-corrected chi connectivity index (χ0v) is 10.5. The summed E-state index contributed by atoms with van der Waals surface area (Å²) in [5, 5.41) is 4.10. The fraction of sp³-hybridized carbons (Fsp3) is 0.750. The molecular weight excluding hydrogens is 187 g/mol. The van der Waals surface area contributed by atoms with Crippen molar-refractivity contribution in [3.63, 3.8) is 0 Å². The van der Waals surface area contributed by atoms with Crippen LogP contribution in [-0.2, 0) is 35.3 Å². The molecule has 0 radical (unpaired) electrons. The molecule has 0 N–H and O–H groups in total. The zero-order chi connectivity index (χ0) is 6.95. The molecular formula is C8H20NO2Sc. The second-order valence-corrected chi connectivity index (χ2v) is 1.66. The third kappa shape index (κ3) is 22.4. The summed E-state index contributed by atoms with van der Waals surface area (Å²) in [7, 11) is 3.34. The van der Waals surface area contributed by atoms with Gasteiger partial charge in [-0.15, -0.1) is 13.1 Å². The second-order valence-electron chi connectivity index (χ2n) is 1.66. The van der Waals surface area contributed by atoms with Crippen LogP contribution in [0, 0.1) is 14.9 Å². The summed E-state index contributed by atoms with van der Waals surface area (Å²) < 4.78 is 9.57. The summed E-state index contributed by atoms with van der Waals surface area (Å²) in [5.74, 6) is 0. The van der Waals surface area contributed by atoms with Crippen molar-refractivity contribution < 1.29 is 35.3 Å². The summed E-state index contributed by atoms with van der Waals surface area (Å²) in [6.45, 7) is 2.98. The van der Waals surface area contributed by atoms with E-state index in [4.69, 9.17) is 9.47 Å². The monoisotopic (exact) mass is 207 g/mol. The van der Waals surface area contributed by atoms with Crippen LogP contribution in [0.1, 0.15) is 0 Å². The quantitative estimate of drug-likeness (QED) is 0.489. The van der Waals surface area contributed by atoms with E-state index in [0.29, 0.717) is 13.2 Å². The molecule has 0 aromatic carbocycles. The van der Waals surface area contributed by atoms with Crippen molar-refractivity contribution in [1.29, 1.82) is 0 Å². The molecule has 0 saturated heterocycles. The number of hydrogen-bond donors (Lipinski definition) is 0. The minimum absolute atomic E-state index is 0. The molecule has 0 amide bonds. The summed E-state index contributed by atoms with van der Waals surface area (Å²) in [4.78, 5) is 0. The third-order valence-electron chi connectivity index (χ3n) is 0.907. The molecule has 0 heterocycles. The Kier molecular flexibility index (Phi) is 43.3. The van der Waals surface area contributed by atoms with Gasteiger partial charge in [-0.05, 0) is 0 Å². The molecule has 12 heavy (non-hydrogen) atoms. The molecule has 0 aliphatic rings. The van der Waals surface area contributed by atoms with Crippen molar-refractivity contribution >= 4 is 0 Å². The standard InChI is InChI=1S/C6H14NO2.2CH3.Sc/c1-8-5-3-7-4-6-9-2;;;/h3-6H2,1-2H3;2*1H3;/q3*-1;+3. The summed E-state index contributed by atoms with van der Waals surface area (Å²) in [5.41, 5.74) is 0. The Labute approximate surface area is 96.0 Å². The van der Waals surface area contributed by atoms with Gasteiger partial charge < -0.3 is 29.6 Å². The average Bonchev–Trinajstić information content (AvgIpc) is 1.89. The number of rotatable bonds is 6. The average molecular weight is 207 g/mol. The fourth-order valence-electron chi connectivity index (χ4n) is 0.423. The van der Waals surface area contributed by atoms with Crippen molar-refractivity contribution in [3.8, 4) is 0 Å². The zero-order valence-electron chi connectivity index (χ0n) is 8.67. The van der Waals surface area contributed by atoms with E-state index >= 15 is 0 Å². The van der Waals surface area contributed by atoms with Gasteiger partial charge in [0.2, 0.25) is 0 Å². The minimum Gasteiger partial charge on any atom is -0.659 e. The van der Waals surface area contributed by atoms with Gasteiger partial charge in [-0.1, -0.05) is 0 Å². The van der Waals surface area contributed by atoms with E-state index in [-0.39, 0.29) is 40.7 Å². The first-order valence-electron chi connectivity index (χ1n) is 3.03. The number of ether oxygens (including phenoxy) is 2. The molecule has 0 spiro atoms. The molecule has 4 heteroatoms. The van der Waals surface area contributed by atoms with Crippen molar-refractivity contribution in [2.45, 2.75) is 0 Å². The van der Waals surface area contributed by atoms with E-state index in [1.165, 1.54) is 0 Å². The van der Waals surface area contributed by atoms with Gasteiger partial charge in [0.25, 0.3) is 0 Å². The molecule has 72 valence electrons. The fourth-order valence-corrected chi connectivity index (χ4v) is 0.423. The first kappa shape index (κ1) is 23.0. The molecule has 0 aromatic heterocycles. The molecule has 0 fully saturated rings. The topological polar surface area (TPSA) is 32.6 Å². The van der Waals surface area contributed by atoms with Gasteiger partial charge in [0.15, 0.2) is 0 Å². The smallest absolute Gasteiger partial charge is 0.659 e. The van der Waals surface area contributed by atoms with E-state index in [9.17, 15) is 0 Å². The SMILES string of the molecule is COCC[N-]CCOC.[CH3-].[CH3-].[Sc+3]. The Hall–Kier alpha value is 0.750. The molecule has 0 rings (SSSR count). The minimum atomic E-state index is 0. The van der Waals surface area contributed by atoms with Crippen LogP contribution < -0.4 is 0 Å². The summed E-state index contributed by atoms with van der Waals surface area (Å²) in [6.07, 6.45) is 0. The second kappa shape index (κ2) is 22.6. The maximum absolute atomic E-state index is 4.79. The van der Waals surface area contributed by atoms with Crippen molar-refractivity contribution in [2.24, 2.45) is 0 Å². The maximum atomic E-state index is 4.79. The third-order valence-corrected chi connectivity index (χ3v) is 0.907. The molecule has 0 unspecified atom stereocenters. The first-order chi connectivity index (χ1) is 4.41. The molecule has 0 saturated carbocycles. The molecule has 0 atom stereocenters. The van der Waals surface area contributed by atoms with Crippen molar-refractivity contribution in [1.82, 2.24) is 0 Å². The van der Waals surface area contributed by atoms with Crippen LogP contribution in [0.3, 0.4) is 0 Å². The molecule has 0 aliphatic carbocycles. The Morgan fingerprint density at radius 3 is 1.50 bits per heavy atom. The molecule has 0 aromatic rings. The van der Waals surface area contributed by atoms with Crippen LogP contribution >= 0.6 is 0 Å². The van der Waals surface area contributed by atoms with Crippen LogP contribution in [0.25, 0.3) is 5.32 Å². The van der Waals surface area contributed by atoms with Crippen LogP contribution in [0.4, 0.5) is 0 Å². The molecule has 0 aliphatic heterocycles. The van der Waals surface area contributed by atoms with Crippen LogP contribution in [0.15, 0.2) is 0 Å². The Bertz CT molecular complexity index is 50.3. The predicted molar refractivity (Wildman–Crippen MR) is 49.7 cm³/mol. The predicted octanol–water partition coefficient (Wildman–Crippen LogP) is 1.55. The van der Waals surface area contributed by atoms with Gasteiger partial charge in [0, 0.05) is 27.4 Å². The number of hydrogen-bond acceptors (Lipinski definition) is 2. The van der Waals surface area contributed by atoms with Gasteiger partial charge in [0.05, 0.1) is 0 Å². The van der Waals surface area contributed by atoms with Crippen molar-refractivity contribution in [2.75, 3.05) is 40.5 Å². The first-order valence-corrected chi connectivity index (χ1v) is 3.03. The normalized spacial score (nSPS) is 7.50. The van der Waals surface area contributed by atoms with Crippen LogP contribution in [0.2, 0.25) is 0 Å². The number of nitrogens with zero attached hydrogens (tertiary/aromatic N) is 1.